The molecule has 0 aromatic carbocycles. The second kappa shape index (κ2) is 8.60. The zero-order valence-corrected chi connectivity index (χ0v) is 25.0. The maximum absolute atomic E-state index is 14.6. The first-order valence-electron chi connectivity index (χ1n) is 14.1. The third kappa shape index (κ3) is 4.00. The first-order chi connectivity index (χ1) is 17.8. The number of Topliss-reactive ketones (excluding diaryl/α,β-unsaturated/α-hetero) is 1. The first-order valence-corrected chi connectivity index (χ1v) is 14.1. The van der Waals surface area contributed by atoms with Gasteiger partial charge in [-0.2, -0.15) is 5.10 Å². The van der Waals surface area contributed by atoms with Crippen LogP contribution in [-0.4, -0.2) is 56.8 Å². The van der Waals surface area contributed by atoms with E-state index in [1.165, 1.54) is 4.68 Å². The Morgan fingerprint density at radius 2 is 1.90 bits per heavy atom. The molecule has 6 atom stereocenters. The van der Waals surface area contributed by atoms with E-state index in [4.69, 9.17) is 14.2 Å². The summed E-state index contributed by atoms with van der Waals surface area (Å²) < 4.78 is 20.2. The Kier molecular flexibility index (Phi) is 6.23. The third-order valence-corrected chi connectivity index (χ3v) is 9.96. The van der Waals surface area contributed by atoms with E-state index in [-0.39, 0.29) is 34.8 Å². The number of hydrogen-bond donors (Lipinski definition) is 1. The van der Waals surface area contributed by atoms with Crippen LogP contribution in [0.25, 0.3) is 0 Å². The molecule has 2 bridgehead atoms. The molecule has 214 valence electrons. The molecule has 8 heteroatoms. The molecule has 4 aliphatic rings. The number of rotatable bonds is 2. The maximum atomic E-state index is 14.6. The lowest BCUT2D eigenvalue weighted by atomic mass is 9.63. The van der Waals surface area contributed by atoms with E-state index in [9.17, 15) is 14.7 Å². The van der Waals surface area contributed by atoms with Crippen molar-refractivity contribution in [1.82, 2.24) is 9.78 Å². The maximum Gasteiger partial charge on any atom is 0.357 e. The number of aliphatic hydroxyl groups is 1. The predicted octanol–water partition coefficient (Wildman–Crippen LogP) is 4.65. The van der Waals surface area contributed by atoms with Crippen molar-refractivity contribution in [3.8, 4) is 0 Å². The highest BCUT2D eigenvalue weighted by molar-refractivity contribution is 5.95. The smallest absolute Gasteiger partial charge is 0.357 e. The summed E-state index contributed by atoms with van der Waals surface area (Å²) in [5.41, 5.74) is -1.28. The highest BCUT2D eigenvalue weighted by atomic mass is 16.7. The van der Waals surface area contributed by atoms with Crippen molar-refractivity contribution < 1.29 is 28.9 Å². The number of ketones is 1. The number of aromatic nitrogens is 2. The zero-order chi connectivity index (χ0) is 28.9. The van der Waals surface area contributed by atoms with Crippen LogP contribution in [0.4, 0.5) is 0 Å². The molecule has 1 spiro atoms. The van der Waals surface area contributed by atoms with Gasteiger partial charge in [0.15, 0.2) is 23.3 Å². The van der Waals surface area contributed by atoms with E-state index in [0.717, 1.165) is 17.7 Å². The molecule has 1 saturated heterocycles. The minimum Gasteiger partial charge on any atom is -0.450 e. The fraction of sp³-hybridized carbons (Fsp3) is 0.710. The Morgan fingerprint density at radius 1 is 1.23 bits per heavy atom. The zero-order valence-electron chi connectivity index (χ0n) is 25.0. The molecule has 0 amide bonds. The third-order valence-electron chi connectivity index (χ3n) is 9.96. The molecule has 1 aromatic heterocycles. The number of esters is 1. The lowest BCUT2D eigenvalue weighted by Crippen LogP contribution is -2.66. The van der Waals surface area contributed by atoms with Crippen molar-refractivity contribution in [2.24, 2.45) is 29.7 Å². The van der Waals surface area contributed by atoms with Crippen molar-refractivity contribution in [2.45, 2.75) is 104 Å². The molecule has 3 aliphatic carbocycles. The van der Waals surface area contributed by atoms with E-state index >= 15 is 0 Å². The molecule has 1 saturated carbocycles. The molecule has 0 radical (unpaired) electrons. The molecule has 1 aliphatic heterocycles. The summed E-state index contributed by atoms with van der Waals surface area (Å²) >= 11 is 0. The van der Waals surface area contributed by atoms with E-state index in [2.05, 4.69) is 25.9 Å². The Morgan fingerprint density at radius 3 is 2.51 bits per heavy atom. The molecular formula is C31H44N2O6. The predicted molar refractivity (Wildman–Crippen MR) is 146 cm³/mol. The number of allylic oxidation sites excluding steroid dienone is 1. The SMILES string of the molecule is CC1=C[C@@]23CC[C@H](C)C(C)(C)[C@H](C=C4COC(C)(C)O[C@H]4[C@]2(O)[C@H]1OC(=O)c1cc(C(C)(C)C)nn1C)C3=O. The molecule has 1 N–H and O–H groups in total. The molecule has 39 heavy (non-hydrogen) atoms. The summed E-state index contributed by atoms with van der Waals surface area (Å²) in [6.07, 6.45) is 3.06. The molecule has 8 nitrogen and oxygen atoms in total. The molecule has 1 aromatic rings. The van der Waals surface area contributed by atoms with Gasteiger partial charge >= 0.3 is 5.97 Å². The summed E-state index contributed by atoms with van der Waals surface area (Å²) in [6.45, 7) is 18.2. The van der Waals surface area contributed by atoms with Gasteiger partial charge in [0.05, 0.1) is 17.7 Å². The van der Waals surface area contributed by atoms with Crippen LogP contribution < -0.4 is 0 Å². The standard InChI is InChI=1S/C31H44N2O6/c1-17-15-30-12-11-18(2)28(6,7)20(23(30)34)13-19-16-37-29(8,9)39-25(19)31(30,36)24(17)38-26(35)21-14-22(27(3,4)5)32-33(21)10/h13-15,18,20,24-25,36H,11-12,16H2,1-10H3/t18-,20+,24-,25+,30+,31+/m0/s1. The second-order valence-corrected chi connectivity index (χ2v) is 14.3. The van der Waals surface area contributed by atoms with Crippen LogP contribution in [0.15, 0.2) is 29.4 Å². The van der Waals surface area contributed by atoms with Gasteiger partial charge in [-0.3, -0.25) is 9.48 Å². The van der Waals surface area contributed by atoms with Crippen LogP contribution in [0.5, 0.6) is 0 Å². The summed E-state index contributed by atoms with van der Waals surface area (Å²) in [6, 6.07) is 1.74. The van der Waals surface area contributed by atoms with Crippen molar-refractivity contribution in [3.05, 3.63) is 40.8 Å². The number of carbonyl (C=O) groups is 2. The van der Waals surface area contributed by atoms with Crippen LogP contribution in [-0.2, 0) is 31.5 Å². The van der Waals surface area contributed by atoms with E-state index < -0.39 is 40.9 Å². The summed E-state index contributed by atoms with van der Waals surface area (Å²) in [5.74, 6) is -1.86. The Labute approximate surface area is 231 Å². The average Bonchev–Trinajstić information content (AvgIpc) is 3.28. The summed E-state index contributed by atoms with van der Waals surface area (Å²) in [4.78, 5) is 28.3. The number of ether oxygens (including phenoxy) is 3. The number of hydrogen-bond acceptors (Lipinski definition) is 7. The highest BCUT2D eigenvalue weighted by Gasteiger charge is 2.72. The quantitative estimate of drug-likeness (QED) is 0.430. The average molecular weight is 541 g/mol. The summed E-state index contributed by atoms with van der Waals surface area (Å²) in [7, 11) is 1.71. The van der Waals surface area contributed by atoms with E-state index in [1.807, 2.05) is 39.8 Å². The minimum absolute atomic E-state index is 0.0453. The topological polar surface area (TPSA) is 99.9 Å². The van der Waals surface area contributed by atoms with Crippen molar-refractivity contribution in [3.63, 3.8) is 0 Å². The Balaban J connectivity index is 1.65. The van der Waals surface area contributed by atoms with Crippen LogP contribution >= 0.6 is 0 Å². The Hall–Kier alpha value is -2.29. The molecule has 2 heterocycles. The van der Waals surface area contributed by atoms with Gasteiger partial charge in [0.2, 0.25) is 0 Å². The number of carbonyl (C=O) groups excluding carboxylic acids is 2. The van der Waals surface area contributed by atoms with Gasteiger partial charge in [-0.15, -0.1) is 0 Å². The fourth-order valence-corrected chi connectivity index (χ4v) is 7.05. The minimum atomic E-state index is -1.84. The van der Waals surface area contributed by atoms with Crippen LogP contribution in [0, 0.1) is 22.7 Å². The molecular weight excluding hydrogens is 496 g/mol. The first kappa shape index (κ1) is 28.2. The van der Waals surface area contributed by atoms with Crippen LogP contribution in [0.1, 0.15) is 91.3 Å². The second-order valence-electron chi connectivity index (χ2n) is 14.3. The molecule has 2 fully saturated rings. The number of aryl methyl sites for hydroxylation is 1. The van der Waals surface area contributed by atoms with Gasteiger partial charge in [-0.05, 0) is 62.2 Å². The van der Waals surface area contributed by atoms with Gasteiger partial charge < -0.3 is 19.3 Å². The lowest BCUT2D eigenvalue weighted by Gasteiger charge is -2.51. The van der Waals surface area contributed by atoms with Crippen molar-refractivity contribution in [2.75, 3.05) is 6.61 Å². The molecule has 5 rings (SSSR count). The normalized spacial score (nSPS) is 37.2. The number of nitrogens with zero attached hydrogens (tertiary/aromatic N) is 2. The fourth-order valence-electron chi connectivity index (χ4n) is 7.05. The van der Waals surface area contributed by atoms with Crippen LogP contribution in [0.3, 0.4) is 0 Å². The number of fused-ring (bicyclic) bond motifs is 3. The van der Waals surface area contributed by atoms with Crippen molar-refractivity contribution >= 4 is 11.8 Å². The lowest BCUT2D eigenvalue weighted by molar-refractivity contribution is -0.300. The molecule has 0 unspecified atom stereocenters. The Bertz CT molecular complexity index is 1280. The van der Waals surface area contributed by atoms with Gasteiger partial charge in [0.25, 0.3) is 0 Å². The van der Waals surface area contributed by atoms with E-state index in [1.54, 1.807) is 27.0 Å². The summed E-state index contributed by atoms with van der Waals surface area (Å²) in [5, 5.41) is 17.5. The van der Waals surface area contributed by atoms with Gasteiger partial charge in [-0.25, -0.2) is 4.79 Å². The largest absolute Gasteiger partial charge is 0.450 e. The van der Waals surface area contributed by atoms with Gasteiger partial charge in [0.1, 0.15) is 11.8 Å². The van der Waals surface area contributed by atoms with E-state index in [0.29, 0.717) is 12.0 Å². The van der Waals surface area contributed by atoms with Gasteiger partial charge in [-0.1, -0.05) is 53.7 Å². The van der Waals surface area contributed by atoms with Gasteiger partial charge in [0, 0.05) is 18.4 Å². The monoisotopic (exact) mass is 540 g/mol. The van der Waals surface area contributed by atoms with Crippen molar-refractivity contribution in [1.29, 1.82) is 0 Å². The van der Waals surface area contributed by atoms with Crippen LogP contribution in [0.2, 0.25) is 0 Å². The highest BCUT2D eigenvalue weighted by Crippen LogP contribution is 2.62.